The minimum atomic E-state index is -0.465. The molecule has 0 saturated carbocycles. The quantitative estimate of drug-likeness (QED) is 0.617. The summed E-state index contributed by atoms with van der Waals surface area (Å²) in [6.45, 7) is 0.146. The Balaban J connectivity index is 1.77. The van der Waals surface area contributed by atoms with Gasteiger partial charge in [-0.1, -0.05) is 23.7 Å². The zero-order chi connectivity index (χ0) is 21.1. The number of hydrogen-bond acceptors (Lipinski definition) is 5. The van der Waals surface area contributed by atoms with Crippen LogP contribution in [0.4, 0.5) is 15.8 Å². The van der Waals surface area contributed by atoms with Crippen molar-refractivity contribution in [2.75, 3.05) is 23.9 Å². The highest BCUT2D eigenvalue weighted by Crippen LogP contribution is 2.36. The molecule has 7 heteroatoms. The number of benzene rings is 2. The Morgan fingerprint density at radius 3 is 2.80 bits per heavy atom. The van der Waals surface area contributed by atoms with E-state index in [1.807, 2.05) is 19.2 Å². The predicted molar refractivity (Wildman–Crippen MR) is 119 cm³/mol. The van der Waals surface area contributed by atoms with Gasteiger partial charge in [0.05, 0.1) is 5.02 Å². The van der Waals surface area contributed by atoms with E-state index in [1.54, 1.807) is 24.5 Å². The Hall–Kier alpha value is -2.96. The molecule has 30 heavy (non-hydrogen) atoms. The number of anilines is 2. The summed E-state index contributed by atoms with van der Waals surface area (Å²) in [6.07, 6.45) is 4.75. The van der Waals surface area contributed by atoms with Crippen LogP contribution >= 0.6 is 11.6 Å². The van der Waals surface area contributed by atoms with Crippen LogP contribution in [0.1, 0.15) is 29.3 Å². The van der Waals surface area contributed by atoms with Crippen molar-refractivity contribution in [1.29, 1.82) is 0 Å². The number of aliphatic imine (C=N–C) groups is 1. The van der Waals surface area contributed by atoms with Crippen LogP contribution in [-0.2, 0) is 6.42 Å². The highest BCUT2D eigenvalue weighted by Gasteiger charge is 2.27. The van der Waals surface area contributed by atoms with E-state index in [4.69, 9.17) is 16.6 Å². The number of amidine groups is 1. The molecule has 1 atom stereocenters. The van der Waals surface area contributed by atoms with Gasteiger partial charge in [0.25, 0.3) is 0 Å². The van der Waals surface area contributed by atoms with Gasteiger partial charge in [-0.15, -0.1) is 0 Å². The van der Waals surface area contributed by atoms with Gasteiger partial charge in [-0.3, -0.25) is 4.98 Å². The normalized spacial score (nSPS) is 15.5. The summed E-state index contributed by atoms with van der Waals surface area (Å²) in [6, 6.07) is 14.6. The molecule has 154 valence electrons. The van der Waals surface area contributed by atoms with E-state index in [-0.39, 0.29) is 17.8 Å². The largest absolute Gasteiger partial charge is 0.396 e. The molecule has 5 nitrogen and oxygen atoms in total. The molecular formula is C23H22ClFN4O. The molecule has 0 amide bonds. The molecule has 0 aliphatic carbocycles. The summed E-state index contributed by atoms with van der Waals surface area (Å²) >= 11 is 5.97. The zero-order valence-corrected chi connectivity index (χ0v) is 17.3. The number of fused-ring (bicyclic) bond motifs is 1. The smallest absolute Gasteiger partial charge is 0.150 e. The van der Waals surface area contributed by atoms with Crippen LogP contribution in [0.3, 0.4) is 0 Å². The number of nitrogens with zero attached hydrogens (tertiary/aromatic N) is 3. The van der Waals surface area contributed by atoms with Gasteiger partial charge in [0.2, 0.25) is 0 Å². The number of aliphatic hydroxyl groups is 1. The third-order valence-electron chi connectivity index (χ3n) is 5.10. The number of halogens is 2. The molecule has 1 aliphatic rings. The Morgan fingerprint density at radius 1 is 1.20 bits per heavy atom. The van der Waals surface area contributed by atoms with Gasteiger partial charge >= 0.3 is 0 Å². The van der Waals surface area contributed by atoms with E-state index < -0.39 is 5.82 Å². The van der Waals surface area contributed by atoms with Gasteiger partial charge in [0, 0.05) is 48.5 Å². The fourth-order valence-electron chi connectivity index (χ4n) is 3.57. The second-order valence-corrected chi connectivity index (χ2v) is 7.59. The first-order chi connectivity index (χ1) is 14.6. The van der Waals surface area contributed by atoms with Crippen molar-refractivity contribution in [2.45, 2.75) is 19.0 Å². The minimum Gasteiger partial charge on any atom is -0.396 e. The van der Waals surface area contributed by atoms with Crippen LogP contribution in [0.2, 0.25) is 5.02 Å². The monoisotopic (exact) mass is 424 g/mol. The Bertz CT molecular complexity index is 1070. The summed E-state index contributed by atoms with van der Waals surface area (Å²) in [5.74, 6) is 0.206. The molecular weight excluding hydrogens is 403 g/mol. The highest BCUT2D eigenvalue weighted by atomic mass is 35.5. The molecule has 2 aromatic carbocycles. The Labute approximate surface area is 179 Å². The van der Waals surface area contributed by atoms with Gasteiger partial charge in [-0.05, 0) is 54.8 Å². The number of aliphatic hydroxyl groups excluding tert-OH is 1. The summed E-state index contributed by atoms with van der Waals surface area (Å²) in [5, 5.41) is 12.5. The molecule has 1 aliphatic heterocycles. The molecule has 0 fully saturated rings. The standard InChI is InChI=1S/C23H22ClFN4O/c1-29-21-9-6-15(4-3-11-30)12-18(21)22(27-17-7-8-20(25)19(24)13-17)28-23(29)16-5-2-10-26-14-16/h2,5-10,12-14,23,30H,3-4,11H2,1H3,(H,27,28). The lowest BCUT2D eigenvalue weighted by Crippen LogP contribution is -2.32. The summed E-state index contributed by atoms with van der Waals surface area (Å²) in [4.78, 5) is 11.3. The fraction of sp³-hybridized carbons (Fsp3) is 0.217. The zero-order valence-electron chi connectivity index (χ0n) is 16.5. The first kappa shape index (κ1) is 20.3. The topological polar surface area (TPSA) is 60.8 Å². The second-order valence-electron chi connectivity index (χ2n) is 7.18. The predicted octanol–water partition coefficient (Wildman–Crippen LogP) is 4.81. The van der Waals surface area contributed by atoms with E-state index in [9.17, 15) is 9.50 Å². The molecule has 0 radical (unpaired) electrons. The van der Waals surface area contributed by atoms with E-state index in [0.29, 0.717) is 17.9 Å². The number of aryl methyl sites for hydroxylation is 1. The molecule has 2 heterocycles. The lowest BCUT2D eigenvalue weighted by molar-refractivity contribution is 0.288. The molecule has 2 N–H and O–H groups in total. The number of nitrogens with one attached hydrogen (secondary N) is 1. The van der Waals surface area contributed by atoms with Gasteiger partial charge in [-0.25, -0.2) is 9.38 Å². The van der Waals surface area contributed by atoms with Crippen LogP contribution in [-0.4, -0.2) is 29.6 Å². The van der Waals surface area contributed by atoms with Crippen molar-refractivity contribution in [3.8, 4) is 0 Å². The summed E-state index contributed by atoms with van der Waals surface area (Å²) in [5.41, 5.74) is 4.69. The molecule has 3 aromatic rings. The van der Waals surface area contributed by atoms with Gasteiger partial charge < -0.3 is 15.3 Å². The van der Waals surface area contributed by atoms with Crippen molar-refractivity contribution in [3.05, 3.63) is 88.5 Å². The van der Waals surface area contributed by atoms with E-state index in [0.717, 1.165) is 28.8 Å². The summed E-state index contributed by atoms with van der Waals surface area (Å²) in [7, 11) is 2.00. The van der Waals surface area contributed by atoms with E-state index >= 15 is 0 Å². The lowest BCUT2D eigenvalue weighted by Gasteiger charge is -2.34. The molecule has 0 spiro atoms. The average Bonchev–Trinajstić information content (AvgIpc) is 2.77. The van der Waals surface area contributed by atoms with Crippen molar-refractivity contribution < 1.29 is 9.50 Å². The van der Waals surface area contributed by atoms with Crippen LogP contribution < -0.4 is 10.2 Å². The van der Waals surface area contributed by atoms with Crippen molar-refractivity contribution >= 4 is 28.8 Å². The lowest BCUT2D eigenvalue weighted by atomic mass is 10.0. The van der Waals surface area contributed by atoms with Crippen molar-refractivity contribution in [3.63, 3.8) is 0 Å². The highest BCUT2D eigenvalue weighted by molar-refractivity contribution is 6.31. The van der Waals surface area contributed by atoms with Crippen molar-refractivity contribution in [2.24, 2.45) is 4.99 Å². The molecule has 1 unspecified atom stereocenters. The third-order valence-corrected chi connectivity index (χ3v) is 5.39. The summed E-state index contributed by atoms with van der Waals surface area (Å²) < 4.78 is 13.6. The van der Waals surface area contributed by atoms with Crippen LogP contribution in [0.5, 0.6) is 0 Å². The van der Waals surface area contributed by atoms with Crippen molar-refractivity contribution in [1.82, 2.24) is 4.98 Å². The molecule has 0 bridgehead atoms. The maximum atomic E-state index is 13.6. The van der Waals surface area contributed by atoms with Crippen LogP contribution in [0.15, 0.2) is 65.9 Å². The second kappa shape index (κ2) is 8.81. The Morgan fingerprint density at radius 2 is 2.07 bits per heavy atom. The third kappa shape index (κ3) is 4.15. The fourth-order valence-corrected chi connectivity index (χ4v) is 3.75. The number of aromatic nitrogens is 1. The maximum Gasteiger partial charge on any atom is 0.150 e. The number of pyridine rings is 1. The van der Waals surface area contributed by atoms with Crippen LogP contribution in [0.25, 0.3) is 0 Å². The van der Waals surface area contributed by atoms with Gasteiger partial charge in [0.1, 0.15) is 11.7 Å². The van der Waals surface area contributed by atoms with Gasteiger partial charge in [-0.2, -0.15) is 0 Å². The number of rotatable bonds is 5. The molecule has 1 aromatic heterocycles. The van der Waals surface area contributed by atoms with Crippen LogP contribution in [0, 0.1) is 5.82 Å². The SMILES string of the molecule is CN1c2ccc(CCCO)cc2C(Nc2ccc(F)c(Cl)c2)=NC1c1cccnc1. The van der Waals surface area contributed by atoms with Gasteiger partial charge in [0.15, 0.2) is 6.17 Å². The Kier molecular flexibility index (Phi) is 5.97. The molecule has 0 saturated heterocycles. The average molecular weight is 425 g/mol. The maximum absolute atomic E-state index is 13.6. The number of hydrogen-bond donors (Lipinski definition) is 2. The first-order valence-electron chi connectivity index (χ1n) is 9.73. The molecule has 4 rings (SSSR count). The van der Waals surface area contributed by atoms with E-state index in [1.165, 1.54) is 6.07 Å². The van der Waals surface area contributed by atoms with E-state index in [2.05, 4.69) is 33.4 Å². The minimum absolute atomic E-state index is 0.0502. The first-order valence-corrected chi connectivity index (χ1v) is 10.1.